The number of fused-ring (bicyclic) bond motifs is 12. The van der Waals surface area contributed by atoms with Crippen molar-refractivity contribution in [1.29, 1.82) is 0 Å². The molecule has 270 valence electrons. The van der Waals surface area contributed by atoms with E-state index >= 15 is 0 Å². The highest BCUT2D eigenvalue weighted by molar-refractivity contribution is 7.22. The Morgan fingerprint density at radius 1 is 0.328 bits per heavy atom. The van der Waals surface area contributed by atoms with Crippen molar-refractivity contribution < 1.29 is 0 Å². The Hall–Kier alpha value is -7.13. The first kappa shape index (κ1) is 33.1. The largest absolute Gasteiger partial charge is 0.248 e. The van der Waals surface area contributed by atoms with Gasteiger partial charge in [-0.3, -0.25) is 0 Å². The molecule has 0 radical (unpaired) electrons. The minimum absolute atomic E-state index is 0.350. The van der Waals surface area contributed by atoms with Gasteiger partial charge < -0.3 is 0 Å². The first-order chi connectivity index (χ1) is 28.7. The number of thiophene rings is 1. The molecule has 0 unspecified atom stereocenters. The molecule has 1 spiro atoms. The van der Waals surface area contributed by atoms with Crippen molar-refractivity contribution in [3.8, 4) is 77.5 Å². The Morgan fingerprint density at radius 3 is 1.43 bits per heavy atom. The summed E-state index contributed by atoms with van der Waals surface area (Å²) in [5, 5.41) is 1.36. The van der Waals surface area contributed by atoms with E-state index in [2.05, 4.69) is 212 Å². The summed E-state index contributed by atoms with van der Waals surface area (Å²) in [5.74, 6) is 0. The first-order valence-corrected chi connectivity index (χ1v) is 20.8. The van der Waals surface area contributed by atoms with Crippen molar-refractivity contribution in [2.45, 2.75) is 5.41 Å². The predicted octanol–water partition coefficient (Wildman–Crippen LogP) is 15.0. The molecule has 0 fully saturated rings. The van der Waals surface area contributed by atoms with Gasteiger partial charge in [0.15, 0.2) is 0 Å². The van der Waals surface area contributed by atoms with E-state index in [4.69, 9.17) is 4.98 Å². The second-order valence-electron chi connectivity index (χ2n) is 15.4. The van der Waals surface area contributed by atoms with Crippen molar-refractivity contribution in [1.82, 2.24) is 4.98 Å². The van der Waals surface area contributed by atoms with Crippen LogP contribution >= 0.6 is 11.3 Å². The van der Waals surface area contributed by atoms with Gasteiger partial charge in [0.25, 0.3) is 0 Å². The number of benzene rings is 8. The average molecular weight is 754 g/mol. The molecule has 8 aromatic carbocycles. The van der Waals surface area contributed by atoms with Gasteiger partial charge in [0.05, 0.1) is 16.8 Å². The maximum atomic E-state index is 5.19. The van der Waals surface area contributed by atoms with E-state index in [9.17, 15) is 0 Å². The number of aromatic nitrogens is 1. The van der Waals surface area contributed by atoms with E-state index in [1.54, 1.807) is 0 Å². The molecule has 1 nitrogen and oxygen atoms in total. The number of hydrogen-bond acceptors (Lipinski definition) is 2. The normalized spacial score (nSPS) is 13.0. The topological polar surface area (TPSA) is 12.9 Å². The number of hydrogen-bond donors (Lipinski definition) is 0. The van der Waals surface area contributed by atoms with Crippen LogP contribution in [0.2, 0.25) is 0 Å². The van der Waals surface area contributed by atoms with Gasteiger partial charge in [0, 0.05) is 20.7 Å². The zero-order valence-corrected chi connectivity index (χ0v) is 32.4. The molecule has 0 aliphatic heterocycles. The molecule has 2 heterocycles. The second-order valence-corrected chi connectivity index (χ2v) is 16.5. The number of nitrogens with zero attached hydrogens (tertiary/aromatic N) is 1. The summed E-state index contributed by atoms with van der Waals surface area (Å²) in [6.45, 7) is 0. The molecular formula is C56H35NS. The Balaban J connectivity index is 0.963. The van der Waals surface area contributed by atoms with Crippen molar-refractivity contribution in [2.24, 2.45) is 0 Å². The van der Waals surface area contributed by atoms with E-state index in [0.29, 0.717) is 0 Å². The fourth-order valence-electron chi connectivity index (χ4n) is 9.70. The van der Waals surface area contributed by atoms with Crippen molar-refractivity contribution >= 4 is 21.4 Å². The molecule has 0 saturated carbocycles. The highest BCUT2D eigenvalue weighted by Gasteiger charge is 2.53. The summed E-state index contributed by atoms with van der Waals surface area (Å²) in [6.07, 6.45) is 0. The quantitative estimate of drug-likeness (QED) is 0.171. The van der Waals surface area contributed by atoms with Crippen LogP contribution in [0.5, 0.6) is 0 Å². The van der Waals surface area contributed by atoms with Gasteiger partial charge in [-0.1, -0.05) is 188 Å². The Bertz CT molecular complexity index is 3150. The van der Waals surface area contributed by atoms with E-state index in [1.807, 2.05) is 11.3 Å². The predicted molar refractivity (Wildman–Crippen MR) is 243 cm³/mol. The summed E-state index contributed by atoms with van der Waals surface area (Å²) in [5.41, 5.74) is 20.5. The first-order valence-electron chi connectivity index (χ1n) is 19.9. The van der Waals surface area contributed by atoms with Gasteiger partial charge in [-0.05, 0) is 102 Å². The molecule has 2 heteroatoms. The van der Waals surface area contributed by atoms with Gasteiger partial charge in [0.2, 0.25) is 0 Å². The third-order valence-corrected chi connectivity index (χ3v) is 13.5. The Labute approximate surface area is 342 Å². The Morgan fingerprint density at radius 2 is 0.776 bits per heavy atom. The lowest BCUT2D eigenvalue weighted by atomic mass is 9.70. The standard InChI is InChI=1S/C56H35NS/c1-3-13-36(14-4-1)37-27-29-41(30-28-37)52-35-43(34-51(57-52)40-15-5-2-6-16-40)39-25-23-38(24-26-39)42-31-32-50-47(33-42)55-54(46-19-9-12-22-53(46)58-55)56(50)48-20-10-7-17-44(48)45-18-8-11-21-49(45)56/h1-35H. The van der Waals surface area contributed by atoms with Crippen LogP contribution in [0, 0.1) is 0 Å². The van der Waals surface area contributed by atoms with E-state index in [-0.39, 0.29) is 5.41 Å². The molecule has 2 aliphatic rings. The summed E-state index contributed by atoms with van der Waals surface area (Å²) in [6, 6.07) is 77.7. The molecular weight excluding hydrogens is 719 g/mol. The monoisotopic (exact) mass is 753 g/mol. The van der Waals surface area contributed by atoms with Gasteiger partial charge in [-0.2, -0.15) is 0 Å². The van der Waals surface area contributed by atoms with Crippen LogP contribution in [0.3, 0.4) is 0 Å². The minimum Gasteiger partial charge on any atom is -0.248 e. The second kappa shape index (κ2) is 13.0. The van der Waals surface area contributed by atoms with Gasteiger partial charge in [-0.15, -0.1) is 11.3 Å². The molecule has 0 N–H and O–H groups in total. The highest BCUT2D eigenvalue weighted by atomic mass is 32.1. The van der Waals surface area contributed by atoms with E-state index in [1.165, 1.54) is 76.2 Å². The maximum absolute atomic E-state index is 5.19. The average Bonchev–Trinajstić information content (AvgIpc) is 3.93. The summed E-state index contributed by atoms with van der Waals surface area (Å²) in [7, 11) is 0. The van der Waals surface area contributed by atoms with Crippen molar-refractivity contribution in [2.75, 3.05) is 0 Å². The lowest BCUT2D eigenvalue weighted by Crippen LogP contribution is -2.25. The van der Waals surface area contributed by atoms with Crippen molar-refractivity contribution in [3.05, 3.63) is 235 Å². The van der Waals surface area contributed by atoms with E-state index < -0.39 is 0 Å². The van der Waals surface area contributed by atoms with Crippen LogP contribution in [-0.4, -0.2) is 4.98 Å². The molecule has 12 rings (SSSR count). The van der Waals surface area contributed by atoms with Gasteiger partial charge in [0.1, 0.15) is 0 Å². The SMILES string of the molecule is c1ccc(-c2ccc(-c3cc(-c4ccc(-c5ccc6c(c5)-c5sc7ccccc7c5C65c6ccccc6-c6ccccc65)cc4)cc(-c4ccccc4)n3)cc2)cc1. The lowest BCUT2D eigenvalue weighted by Gasteiger charge is -2.30. The van der Waals surface area contributed by atoms with Gasteiger partial charge in [-0.25, -0.2) is 4.98 Å². The molecule has 0 atom stereocenters. The van der Waals surface area contributed by atoms with Crippen LogP contribution in [0.25, 0.3) is 87.5 Å². The molecule has 2 aromatic heterocycles. The highest BCUT2D eigenvalue weighted by Crippen LogP contribution is 2.66. The molecule has 58 heavy (non-hydrogen) atoms. The van der Waals surface area contributed by atoms with E-state index in [0.717, 1.165) is 33.6 Å². The fourth-order valence-corrected chi connectivity index (χ4v) is 11.0. The van der Waals surface area contributed by atoms with Gasteiger partial charge >= 0.3 is 0 Å². The van der Waals surface area contributed by atoms with Crippen LogP contribution in [0.1, 0.15) is 22.3 Å². The smallest absolute Gasteiger partial charge is 0.0740 e. The maximum Gasteiger partial charge on any atom is 0.0740 e. The van der Waals surface area contributed by atoms with Crippen LogP contribution in [0.15, 0.2) is 212 Å². The van der Waals surface area contributed by atoms with Crippen LogP contribution in [-0.2, 0) is 5.41 Å². The zero-order valence-electron chi connectivity index (χ0n) is 31.6. The minimum atomic E-state index is -0.350. The summed E-state index contributed by atoms with van der Waals surface area (Å²) >= 11 is 1.94. The Kier molecular flexibility index (Phi) is 7.38. The summed E-state index contributed by atoms with van der Waals surface area (Å²) in [4.78, 5) is 6.58. The summed E-state index contributed by atoms with van der Waals surface area (Å²) < 4.78 is 1.34. The third kappa shape index (κ3) is 4.92. The van der Waals surface area contributed by atoms with Crippen LogP contribution < -0.4 is 0 Å². The third-order valence-electron chi connectivity index (χ3n) is 12.3. The molecule has 0 bridgehead atoms. The fraction of sp³-hybridized carbons (Fsp3) is 0.0179. The molecule has 0 amide bonds. The molecule has 0 saturated heterocycles. The zero-order chi connectivity index (χ0) is 38.2. The molecule has 10 aromatic rings. The van der Waals surface area contributed by atoms with Crippen molar-refractivity contribution in [3.63, 3.8) is 0 Å². The number of pyridine rings is 1. The van der Waals surface area contributed by atoms with Crippen LogP contribution in [0.4, 0.5) is 0 Å². The molecule has 2 aliphatic carbocycles. The lowest BCUT2D eigenvalue weighted by molar-refractivity contribution is 0.803. The number of rotatable bonds is 5.